The second-order valence-corrected chi connectivity index (χ2v) is 6.85. The molecule has 2 rings (SSSR count). The van der Waals surface area contributed by atoms with E-state index in [1.54, 1.807) is 24.3 Å². The Morgan fingerprint density at radius 3 is 2.48 bits per heavy atom. The van der Waals surface area contributed by atoms with Gasteiger partial charge in [0.15, 0.2) is 0 Å². The normalized spacial score (nSPS) is 22.1. The fourth-order valence-corrected chi connectivity index (χ4v) is 3.81. The third kappa shape index (κ3) is 4.24. The summed E-state index contributed by atoms with van der Waals surface area (Å²) in [6.07, 6.45) is 1.17. The summed E-state index contributed by atoms with van der Waals surface area (Å²) < 4.78 is 0. The van der Waals surface area contributed by atoms with Crippen molar-refractivity contribution in [2.45, 2.75) is 25.2 Å². The van der Waals surface area contributed by atoms with Gasteiger partial charge in [0.2, 0.25) is 5.91 Å². The summed E-state index contributed by atoms with van der Waals surface area (Å²) in [6.45, 7) is 5.96. The highest BCUT2D eigenvalue weighted by molar-refractivity contribution is 8.00. The van der Waals surface area contributed by atoms with Crippen LogP contribution in [-0.2, 0) is 4.79 Å². The number of piperidine rings is 1. The number of carboxylic acids is 1. The molecule has 1 heterocycles. The number of hydrogen-bond acceptors (Lipinski definition) is 3. The van der Waals surface area contributed by atoms with E-state index in [2.05, 4.69) is 13.8 Å². The number of carbonyl (C=O) groups is 2. The van der Waals surface area contributed by atoms with E-state index in [-0.39, 0.29) is 11.5 Å². The van der Waals surface area contributed by atoms with Crippen molar-refractivity contribution in [1.29, 1.82) is 0 Å². The quantitative estimate of drug-likeness (QED) is 0.869. The van der Waals surface area contributed by atoms with Gasteiger partial charge >= 0.3 is 5.97 Å². The minimum atomic E-state index is -0.953. The molecule has 1 fully saturated rings. The van der Waals surface area contributed by atoms with E-state index < -0.39 is 5.97 Å². The van der Waals surface area contributed by atoms with Gasteiger partial charge in [-0.05, 0) is 30.4 Å². The van der Waals surface area contributed by atoms with Gasteiger partial charge in [-0.1, -0.05) is 26.0 Å². The van der Waals surface area contributed by atoms with E-state index in [4.69, 9.17) is 5.11 Å². The largest absolute Gasteiger partial charge is 0.478 e. The maximum atomic E-state index is 12.3. The van der Waals surface area contributed by atoms with Crippen molar-refractivity contribution in [2.24, 2.45) is 11.8 Å². The maximum absolute atomic E-state index is 12.3. The number of nitrogens with zero attached hydrogens (tertiary/aromatic N) is 1. The van der Waals surface area contributed by atoms with Crippen LogP contribution in [-0.4, -0.2) is 40.7 Å². The highest BCUT2D eigenvalue weighted by atomic mass is 32.2. The summed E-state index contributed by atoms with van der Waals surface area (Å²) in [7, 11) is 0. The molecule has 2 atom stereocenters. The standard InChI is InChI=1S/C16H21NO3S/c1-11-7-12(2)9-17(8-11)15(18)10-21-14-6-4-3-5-13(14)16(19)20/h3-6,11-12H,7-10H2,1-2H3,(H,19,20). The summed E-state index contributed by atoms with van der Waals surface area (Å²) in [5.41, 5.74) is 0.260. The van der Waals surface area contributed by atoms with Crippen LogP contribution in [0, 0.1) is 11.8 Å². The number of carboxylic acid groups (broad SMARTS) is 1. The Morgan fingerprint density at radius 1 is 1.24 bits per heavy atom. The Kier molecular flexibility index (Phi) is 5.28. The molecule has 1 aliphatic heterocycles. The first kappa shape index (κ1) is 15.9. The van der Waals surface area contributed by atoms with Crippen LogP contribution in [0.5, 0.6) is 0 Å². The van der Waals surface area contributed by atoms with Crippen molar-refractivity contribution in [2.75, 3.05) is 18.8 Å². The average Bonchev–Trinajstić information content (AvgIpc) is 2.43. The van der Waals surface area contributed by atoms with Gasteiger partial charge in [0.25, 0.3) is 0 Å². The van der Waals surface area contributed by atoms with E-state index >= 15 is 0 Å². The minimum Gasteiger partial charge on any atom is -0.478 e. The van der Waals surface area contributed by atoms with Crippen LogP contribution in [0.25, 0.3) is 0 Å². The Bertz CT molecular complexity index is 522. The highest BCUT2D eigenvalue weighted by Gasteiger charge is 2.25. The summed E-state index contributed by atoms with van der Waals surface area (Å²) in [5.74, 6) is 0.511. The summed E-state index contributed by atoms with van der Waals surface area (Å²) in [6, 6.07) is 6.82. The highest BCUT2D eigenvalue weighted by Crippen LogP contribution is 2.25. The van der Waals surface area contributed by atoms with Gasteiger partial charge in [0.1, 0.15) is 0 Å². The Balaban J connectivity index is 1.97. The third-order valence-electron chi connectivity index (χ3n) is 3.69. The first-order valence-electron chi connectivity index (χ1n) is 7.20. The van der Waals surface area contributed by atoms with Crippen molar-refractivity contribution in [3.05, 3.63) is 29.8 Å². The molecule has 114 valence electrons. The summed E-state index contributed by atoms with van der Waals surface area (Å²) >= 11 is 1.31. The van der Waals surface area contributed by atoms with Gasteiger partial charge in [0.05, 0.1) is 11.3 Å². The topological polar surface area (TPSA) is 57.6 Å². The molecular formula is C16H21NO3S. The molecule has 0 radical (unpaired) electrons. The molecule has 0 saturated carbocycles. The molecule has 4 nitrogen and oxygen atoms in total. The third-order valence-corrected chi connectivity index (χ3v) is 4.75. The monoisotopic (exact) mass is 307 g/mol. The molecule has 1 aromatic rings. The van der Waals surface area contributed by atoms with Crippen LogP contribution in [0.15, 0.2) is 29.2 Å². The fraction of sp³-hybridized carbons (Fsp3) is 0.500. The lowest BCUT2D eigenvalue weighted by molar-refractivity contribution is -0.130. The van der Waals surface area contributed by atoms with E-state index in [1.165, 1.54) is 18.2 Å². The van der Waals surface area contributed by atoms with Crippen molar-refractivity contribution in [1.82, 2.24) is 4.90 Å². The van der Waals surface area contributed by atoms with E-state index in [9.17, 15) is 9.59 Å². The molecule has 1 aromatic carbocycles. The minimum absolute atomic E-state index is 0.0959. The van der Waals surface area contributed by atoms with Gasteiger partial charge in [-0.25, -0.2) is 4.79 Å². The van der Waals surface area contributed by atoms with Gasteiger partial charge in [-0.2, -0.15) is 0 Å². The SMILES string of the molecule is CC1CC(C)CN(C(=O)CSc2ccccc2C(=O)O)C1. The van der Waals surface area contributed by atoms with Crippen LogP contribution in [0.2, 0.25) is 0 Å². The molecule has 0 spiro atoms. The van der Waals surface area contributed by atoms with Crippen molar-refractivity contribution in [3.8, 4) is 0 Å². The van der Waals surface area contributed by atoms with Crippen molar-refractivity contribution < 1.29 is 14.7 Å². The van der Waals surface area contributed by atoms with Crippen LogP contribution >= 0.6 is 11.8 Å². The maximum Gasteiger partial charge on any atom is 0.336 e. The predicted molar refractivity (Wildman–Crippen MR) is 83.7 cm³/mol. The first-order chi connectivity index (χ1) is 9.97. The number of amides is 1. The molecule has 1 amide bonds. The molecule has 0 aliphatic carbocycles. The van der Waals surface area contributed by atoms with Crippen LogP contribution in [0.4, 0.5) is 0 Å². The lowest BCUT2D eigenvalue weighted by Crippen LogP contribution is -2.43. The van der Waals surface area contributed by atoms with E-state index in [1.807, 2.05) is 4.90 Å². The summed E-state index contributed by atoms with van der Waals surface area (Å²) in [4.78, 5) is 26.0. The van der Waals surface area contributed by atoms with Crippen LogP contribution < -0.4 is 0 Å². The molecule has 0 bridgehead atoms. The Labute approximate surface area is 129 Å². The fourth-order valence-electron chi connectivity index (χ4n) is 2.87. The van der Waals surface area contributed by atoms with Crippen LogP contribution in [0.1, 0.15) is 30.6 Å². The second-order valence-electron chi connectivity index (χ2n) is 5.83. The van der Waals surface area contributed by atoms with Gasteiger partial charge < -0.3 is 10.0 Å². The molecule has 1 aliphatic rings. The van der Waals surface area contributed by atoms with Gasteiger partial charge in [0, 0.05) is 18.0 Å². The summed E-state index contributed by atoms with van der Waals surface area (Å²) in [5, 5.41) is 9.14. The van der Waals surface area contributed by atoms with E-state index in [0.29, 0.717) is 22.5 Å². The number of hydrogen-bond donors (Lipinski definition) is 1. The van der Waals surface area contributed by atoms with Crippen molar-refractivity contribution >= 4 is 23.6 Å². The van der Waals surface area contributed by atoms with Gasteiger partial charge in [-0.3, -0.25) is 4.79 Å². The number of likely N-dealkylation sites (tertiary alicyclic amines) is 1. The lowest BCUT2D eigenvalue weighted by atomic mass is 9.92. The average molecular weight is 307 g/mol. The molecule has 2 unspecified atom stereocenters. The Hall–Kier alpha value is -1.49. The zero-order valence-corrected chi connectivity index (χ0v) is 13.2. The molecule has 1 saturated heterocycles. The molecular weight excluding hydrogens is 286 g/mol. The number of aromatic carboxylic acids is 1. The Morgan fingerprint density at radius 2 is 1.86 bits per heavy atom. The molecule has 0 aromatic heterocycles. The predicted octanol–water partition coefficient (Wildman–Crippen LogP) is 2.98. The number of benzene rings is 1. The molecule has 21 heavy (non-hydrogen) atoms. The van der Waals surface area contributed by atoms with E-state index in [0.717, 1.165) is 13.1 Å². The number of thioether (sulfide) groups is 1. The zero-order valence-electron chi connectivity index (χ0n) is 12.4. The second kappa shape index (κ2) is 6.98. The van der Waals surface area contributed by atoms with Crippen LogP contribution in [0.3, 0.4) is 0 Å². The smallest absolute Gasteiger partial charge is 0.336 e. The zero-order chi connectivity index (χ0) is 15.4. The first-order valence-corrected chi connectivity index (χ1v) is 8.18. The van der Waals surface area contributed by atoms with Crippen molar-refractivity contribution in [3.63, 3.8) is 0 Å². The lowest BCUT2D eigenvalue weighted by Gasteiger charge is -2.35. The molecule has 5 heteroatoms. The van der Waals surface area contributed by atoms with Gasteiger partial charge in [-0.15, -0.1) is 11.8 Å². The number of carbonyl (C=O) groups excluding carboxylic acids is 1. The molecule has 1 N–H and O–H groups in total. The number of rotatable bonds is 4.